The van der Waals surface area contributed by atoms with Gasteiger partial charge in [0.1, 0.15) is 0 Å². The number of rotatable bonds is 7. The van der Waals surface area contributed by atoms with Crippen molar-refractivity contribution in [2.45, 2.75) is 44.8 Å². The Labute approximate surface area is 166 Å². The molecule has 0 bridgehead atoms. The van der Waals surface area contributed by atoms with Gasteiger partial charge in [-0.15, -0.1) is 11.3 Å². The highest BCUT2D eigenvalue weighted by molar-refractivity contribution is 14.1. The van der Waals surface area contributed by atoms with Crippen LogP contribution in [0.3, 0.4) is 0 Å². The van der Waals surface area contributed by atoms with E-state index in [1.165, 1.54) is 0 Å². The number of nitrogens with one attached hydrogen (secondary N) is 1. The van der Waals surface area contributed by atoms with Crippen LogP contribution < -0.4 is 5.32 Å². The van der Waals surface area contributed by atoms with Crippen molar-refractivity contribution >= 4 is 45.9 Å². The molecule has 25 heavy (non-hydrogen) atoms. The summed E-state index contributed by atoms with van der Waals surface area (Å²) in [5.74, 6) is 6.13. The number of carbonyl (C=O) groups excluding carboxylic acids is 2. The molecule has 1 aromatic rings. The zero-order valence-corrected chi connectivity index (χ0v) is 17.1. The van der Waals surface area contributed by atoms with Crippen molar-refractivity contribution in [2.75, 3.05) is 17.5 Å². The Kier molecular flexibility index (Phi) is 9.11. The molecule has 1 atom stereocenters. The van der Waals surface area contributed by atoms with E-state index in [-0.39, 0.29) is 12.0 Å². The molecule has 1 aliphatic rings. The van der Waals surface area contributed by atoms with Crippen LogP contribution in [0.5, 0.6) is 0 Å². The number of halogens is 1. The number of hydrogen-bond acceptors (Lipinski definition) is 4. The summed E-state index contributed by atoms with van der Waals surface area (Å²) in [7, 11) is 0. The second-order valence-corrected chi connectivity index (χ2v) is 7.56. The van der Waals surface area contributed by atoms with Gasteiger partial charge in [0.05, 0.1) is 11.0 Å². The highest BCUT2D eigenvalue weighted by atomic mass is 127. The van der Waals surface area contributed by atoms with Crippen molar-refractivity contribution in [3.05, 3.63) is 22.4 Å². The molecule has 1 unspecified atom stereocenters. The monoisotopic (exact) mass is 474 g/mol. The minimum absolute atomic E-state index is 0.0649. The highest BCUT2D eigenvalue weighted by Gasteiger charge is 2.15. The van der Waals surface area contributed by atoms with Crippen molar-refractivity contribution < 1.29 is 14.3 Å². The maximum Gasteiger partial charge on any atom is 0.408 e. The van der Waals surface area contributed by atoms with E-state index in [1.807, 2.05) is 17.5 Å². The molecular weight excluding hydrogens is 451 g/mol. The molecule has 2 amide bonds. The van der Waals surface area contributed by atoms with Crippen molar-refractivity contribution in [3.63, 3.8) is 0 Å². The predicted octanol–water partition coefficient (Wildman–Crippen LogP) is 3.57. The van der Waals surface area contributed by atoms with E-state index in [2.05, 4.69) is 39.7 Å². The first-order valence-corrected chi connectivity index (χ1v) is 10.9. The first-order valence-electron chi connectivity index (χ1n) is 8.48. The fourth-order valence-corrected chi connectivity index (χ4v) is 3.70. The lowest BCUT2D eigenvalue weighted by molar-refractivity contribution is -0.128. The van der Waals surface area contributed by atoms with Gasteiger partial charge in [-0.3, -0.25) is 4.79 Å². The number of amides is 2. The lowest BCUT2D eigenvalue weighted by Gasteiger charge is -2.21. The molecule has 1 aromatic heterocycles. The van der Waals surface area contributed by atoms with Gasteiger partial charge in [-0.25, -0.2) is 4.79 Å². The molecule has 1 heterocycles. The van der Waals surface area contributed by atoms with E-state index >= 15 is 0 Å². The van der Waals surface area contributed by atoms with Crippen LogP contribution >= 0.6 is 33.9 Å². The van der Waals surface area contributed by atoms with E-state index in [0.717, 1.165) is 37.0 Å². The van der Waals surface area contributed by atoms with Gasteiger partial charge in [0.15, 0.2) is 6.10 Å². The van der Waals surface area contributed by atoms with E-state index in [4.69, 9.17) is 4.74 Å². The molecule has 136 valence electrons. The van der Waals surface area contributed by atoms with Gasteiger partial charge in [-0.2, -0.15) is 0 Å². The summed E-state index contributed by atoms with van der Waals surface area (Å²) in [5.41, 5.74) is 0. The zero-order chi connectivity index (χ0) is 17.9. The van der Waals surface area contributed by atoms with Crippen molar-refractivity contribution in [3.8, 4) is 11.8 Å². The van der Waals surface area contributed by atoms with Gasteiger partial charge >= 0.3 is 6.09 Å². The summed E-state index contributed by atoms with van der Waals surface area (Å²) in [4.78, 5) is 26.9. The van der Waals surface area contributed by atoms with E-state index in [9.17, 15) is 9.59 Å². The third kappa shape index (κ3) is 7.65. The van der Waals surface area contributed by atoms with E-state index < -0.39 is 6.09 Å². The second-order valence-electron chi connectivity index (χ2n) is 5.77. The smallest absolute Gasteiger partial charge is 0.408 e. The third-order valence-electron chi connectivity index (χ3n) is 3.83. The zero-order valence-electron chi connectivity index (χ0n) is 14.1. The molecule has 1 N–H and O–H groups in total. The van der Waals surface area contributed by atoms with E-state index in [1.54, 1.807) is 16.2 Å². The van der Waals surface area contributed by atoms with Gasteiger partial charge < -0.3 is 15.0 Å². The minimum Gasteiger partial charge on any atom is -0.433 e. The number of alkyl carbamates (subject to hydrolysis) is 1. The van der Waals surface area contributed by atoms with Gasteiger partial charge in [-0.1, -0.05) is 46.9 Å². The van der Waals surface area contributed by atoms with Crippen LogP contribution in [-0.4, -0.2) is 40.5 Å². The number of hydrogen-bond donors (Lipinski definition) is 1. The average molecular weight is 474 g/mol. The van der Waals surface area contributed by atoms with Gasteiger partial charge in [-0.05, 0) is 30.7 Å². The fourth-order valence-electron chi connectivity index (χ4n) is 2.50. The second kappa shape index (κ2) is 11.4. The van der Waals surface area contributed by atoms with Crippen LogP contribution in [0.15, 0.2) is 17.5 Å². The maximum absolute atomic E-state index is 12.1. The number of carbonyl (C=O) groups is 2. The Morgan fingerprint density at radius 3 is 3.04 bits per heavy atom. The summed E-state index contributed by atoms with van der Waals surface area (Å²) < 4.78 is 5.80. The van der Waals surface area contributed by atoms with Crippen LogP contribution in [0.1, 0.15) is 37.0 Å². The summed E-state index contributed by atoms with van der Waals surface area (Å²) >= 11 is 3.69. The Hall–Kier alpha value is -1.27. The van der Waals surface area contributed by atoms with Crippen molar-refractivity contribution in [2.24, 2.45) is 0 Å². The van der Waals surface area contributed by atoms with Gasteiger partial charge in [0, 0.05) is 24.4 Å². The molecule has 0 spiro atoms. The summed E-state index contributed by atoms with van der Waals surface area (Å²) in [6, 6.07) is 3.98. The Morgan fingerprint density at radius 2 is 2.28 bits per heavy atom. The highest BCUT2D eigenvalue weighted by Crippen LogP contribution is 2.13. The normalized spacial score (nSPS) is 16.8. The standard InChI is InChI=1S/C18H23IN2O3S/c19-13-17(22)21(14-16-9-6-12-25-16)11-10-20-18(23)24-15-7-4-2-1-3-5-8-15/h6,9,12,15H,1-4,7,10-11,13-14H2,(H,20,23). The SMILES string of the molecule is O=C(NCCN(Cc1cccs1)C(=O)CI)OC1C#CCCCCC1. The number of thiophene rings is 1. The molecular formula is C18H23IN2O3S. The number of nitrogens with zero attached hydrogens (tertiary/aromatic N) is 1. The Morgan fingerprint density at radius 1 is 1.40 bits per heavy atom. The third-order valence-corrected chi connectivity index (χ3v) is 5.34. The summed E-state index contributed by atoms with van der Waals surface area (Å²) in [5, 5.41) is 4.73. The van der Waals surface area contributed by atoms with Crippen LogP contribution in [0, 0.1) is 11.8 Å². The number of ether oxygens (including phenoxy) is 1. The summed E-state index contributed by atoms with van der Waals surface area (Å²) in [6.45, 7) is 1.41. The molecule has 7 heteroatoms. The molecule has 0 saturated heterocycles. The van der Waals surface area contributed by atoms with Gasteiger partial charge in [0.2, 0.25) is 5.91 Å². The Balaban J connectivity index is 1.76. The molecule has 2 rings (SSSR count). The van der Waals surface area contributed by atoms with Crippen molar-refractivity contribution in [1.29, 1.82) is 0 Å². The summed E-state index contributed by atoms with van der Waals surface area (Å²) in [6.07, 6.45) is 4.17. The molecule has 1 aliphatic carbocycles. The molecule has 0 saturated carbocycles. The molecule has 0 radical (unpaired) electrons. The average Bonchev–Trinajstić information content (AvgIpc) is 3.08. The molecule has 0 aromatic carbocycles. The lowest BCUT2D eigenvalue weighted by Crippen LogP contribution is -2.39. The largest absolute Gasteiger partial charge is 0.433 e. The van der Waals surface area contributed by atoms with Crippen LogP contribution in [-0.2, 0) is 16.1 Å². The molecule has 0 aliphatic heterocycles. The fraction of sp³-hybridized carbons (Fsp3) is 0.556. The van der Waals surface area contributed by atoms with Crippen LogP contribution in [0.2, 0.25) is 0 Å². The first kappa shape index (κ1) is 20.0. The predicted molar refractivity (Wildman–Crippen MR) is 108 cm³/mol. The number of alkyl halides is 1. The minimum atomic E-state index is -0.460. The first-order chi connectivity index (χ1) is 12.2. The lowest BCUT2D eigenvalue weighted by atomic mass is 10.1. The van der Waals surface area contributed by atoms with Crippen LogP contribution in [0.25, 0.3) is 0 Å². The Bertz CT molecular complexity index is 610. The topological polar surface area (TPSA) is 58.6 Å². The van der Waals surface area contributed by atoms with Gasteiger partial charge in [0.25, 0.3) is 0 Å². The maximum atomic E-state index is 12.1. The van der Waals surface area contributed by atoms with Crippen LogP contribution in [0.4, 0.5) is 4.79 Å². The quantitative estimate of drug-likeness (QED) is 0.374. The van der Waals surface area contributed by atoms with Crippen molar-refractivity contribution in [1.82, 2.24) is 10.2 Å². The molecule has 5 nitrogen and oxygen atoms in total. The molecule has 0 fully saturated rings. The van der Waals surface area contributed by atoms with E-state index in [0.29, 0.717) is 24.1 Å².